The highest BCUT2D eigenvalue weighted by Crippen LogP contribution is 2.30. The number of fused-ring (bicyclic) bond motifs is 1. The Morgan fingerprint density at radius 1 is 1.00 bits per heavy atom. The van der Waals surface area contributed by atoms with E-state index in [0.29, 0.717) is 11.3 Å². The molecule has 3 aromatic carbocycles. The Morgan fingerprint density at radius 3 is 2.35 bits per heavy atom. The summed E-state index contributed by atoms with van der Waals surface area (Å²) in [5.41, 5.74) is 3.07. The molecular formula is C25H23FN2O5S. The lowest BCUT2D eigenvalue weighted by Crippen LogP contribution is -2.49. The Bertz CT molecular complexity index is 1330. The molecule has 1 N–H and O–H groups in total. The number of benzene rings is 3. The maximum Gasteiger partial charge on any atom is 0.325 e. The standard InChI is InChI=1S/C25H23FN2O5S/c1-17-10-12-20(13-11-17)27-24(29)16-33-25(30)22-14-18-6-2-3-7-19(18)15-28(22)34(31,32)23-9-5-4-8-21(23)26/h2-13,22H,14-16H2,1H3,(H,27,29)/t22-/m0/s1. The number of carbonyl (C=O) groups is 2. The van der Waals surface area contributed by atoms with Gasteiger partial charge in [-0.1, -0.05) is 54.1 Å². The first kappa shape index (κ1) is 23.6. The first-order valence-electron chi connectivity index (χ1n) is 10.6. The molecule has 1 aliphatic rings. The van der Waals surface area contributed by atoms with E-state index in [9.17, 15) is 22.4 Å². The first-order chi connectivity index (χ1) is 16.3. The summed E-state index contributed by atoms with van der Waals surface area (Å²) < 4.78 is 47.2. The van der Waals surface area contributed by atoms with Crippen LogP contribution in [0, 0.1) is 12.7 Å². The van der Waals surface area contributed by atoms with E-state index in [-0.39, 0.29) is 13.0 Å². The van der Waals surface area contributed by atoms with E-state index < -0.39 is 45.3 Å². The molecule has 7 nitrogen and oxygen atoms in total. The van der Waals surface area contributed by atoms with Crippen molar-refractivity contribution in [2.45, 2.75) is 30.8 Å². The van der Waals surface area contributed by atoms with Crippen LogP contribution in [0.1, 0.15) is 16.7 Å². The summed E-state index contributed by atoms with van der Waals surface area (Å²) >= 11 is 0. The van der Waals surface area contributed by atoms with E-state index in [4.69, 9.17) is 4.74 Å². The van der Waals surface area contributed by atoms with Gasteiger partial charge >= 0.3 is 5.97 Å². The van der Waals surface area contributed by atoms with Crippen LogP contribution in [0.4, 0.5) is 10.1 Å². The van der Waals surface area contributed by atoms with E-state index in [2.05, 4.69) is 5.32 Å². The first-order valence-corrected chi connectivity index (χ1v) is 12.1. The lowest BCUT2D eigenvalue weighted by Gasteiger charge is -2.34. The number of aryl methyl sites for hydroxylation is 1. The number of nitrogens with zero attached hydrogens (tertiary/aromatic N) is 1. The molecule has 0 aliphatic carbocycles. The van der Waals surface area contributed by atoms with Crippen molar-refractivity contribution in [2.75, 3.05) is 11.9 Å². The van der Waals surface area contributed by atoms with Crippen LogP contribution in [0.5, 0.6) is 0 Å². The topological polar surface area (TPSA) is 92.8 Å². The summed E-state index contributed by atoms with van der Waals surface area (Å²) in [7, 11) is -4.36. The summed E-state index contributed by atoms with van der Waals surface area (Å²) in [6, 6.07) is 18.0. The summed E-state index contributed by atoms with van der Waals surface area (Å²) in [6.45, 7) is 1.21. The molecule has 1 heterocycles. The molecule has 4 rings (SSSR count). The largest absolute Gasteiger partial charge is 0.454 e. The predicted octanol–water partition coefficient (Wildman–Crippen LogP) is 3.43. The summed E-state index contributed by atoms with van der Waals surface area (Å²) in [4.78, 5) is 24.7. The SMILES string of the molecule is Cc1ccc(NC(=O)COC(=O)[C@@H]2Cc3ccccc3CN2S(=O)(=O)c2ccccc2F)cc1. The monoisotopic (exact) mass is 482 g/mol. The number of ether oxygens (including phenoxy) is 1. The Morgan fingerprint density at radius 2 is 1.65 bits per heavy atom. The molecule has 34 heavy (non-hydrogen) atoms. The fraction of sp³-hybridized carbons (Fsp3) is 0.200. The zero-order valence-corrected chi connectivity index (χ0v) is 19.2. The molecule has 0 bridgehead atoms. The van der Waals surface area contributed by atoms with E-state index >= 15 is 0 Å². The fourth-order valence-electron chi connectivity index (χ4n) is 3.80. The molecule has 0 radical (unpaired) electrons. The Kier molecular flexibility index (Phi) is 6.76. The van der Waals surface area contributed by atoms with Gasteiger partial charge in [-0.15, -0.1) is 0 Å². The number of anilines is 1. The van der Waals surface area contributed by atoms with Gasteiger partial charge in [-0.25, -0.2) is 12.8 Å². The number of amides is 1. The van der Waals surface area contributed by atoms with Crippen molar-refractivity contribution >= 4 is 27.6 Å². The predicted molar refractivity (Wildman–Crippen MR) is 124 cm³/mol. The molecule has 1 atom stereocenters. The lowest BCUT2D eigenvalue weighted by atomic mass is 9.96. The number of halogens is 1. The van der Waals surface area contributed by atoms with Gasteiger partial charge in [-0.05, 0) is 42.3 Å². The van der Waals surface area contributed by atoms with E-state index in [1.54, 1.807) is 36.4 Å². The molecular weight excluding hydrogens is 459 g/mol. The lowest BCUT2D eigenvalue weighted by molar-refractivity contribution is -0.151. The van der Waals surface area contributed by atoms with Gasteiger partial charge in [0.05, 0.1) is 0 Å². The van der Waals surface area contributed by atoms with Gasteiger partial charge in [0.1, 0.15) is 16.8 Å². The summed E-state index contributed by atoms with van der Waals surface area (Å²) in [6.07, 6.45) is 0.0439. The molecule has 9 heteroatoms. The normalized spacial score (nSPS) is 15.9. The van der Waals surface area contributed by atoms with E-state index in [1.807, 2.05) is 19.1 Å². The van der Waals surface area contributed by atoms with Gasteiger partial charge in [-0.3, -0.25) is 9.59 Å². The van der Waals surface area contributed by atoms with Crippen molar-refractivity contribution in [2.24, 2.45) is 0 Å². The average Bonchev–Trinajstić information content (AvgIpc) is 2.83. The van der Waals surface area contributed by atoms with Crippen molar-refractivity contribution in [1.29, 1.82) is 0 Å². The van der Waals surface area contributed by atoms with Crippen molar-refractivity contribution in [3.8, 4) is 0 Å². The van der Waals surface area contributed by atoms with Crippen LogP contribution in [0.3, 0.4) is 0 Å². The number of hydrogen-bond acceptors (Lipinski definition) is 5. The Hall–Kier alpha value is -3.56. The zero-order valence-electron chi connectivity index (χ0n) is 18.4. The molecule has 0 unspecified atom stereocenters. The average molecular weight is 483 g/mol. The van der Waals surface area contributed by atoms with Crippen molar-refractivity contribution < 1.29 is 27.1 Å². The van der Waals surface area contributed by atoms with Gasteiger partial charge < -0.3 is 10.1 Å². The maximum atomic E-state index is 14.4. The second-order valence-corrected chi connectivity index (χ2v) is 9.85. The van der Waals surface area contributed by atoms with Gasteiger partial charge in [-0.2, -0.15) is 4.31 Å². The summed E-state index contributed by atoms with van der Waals surface area (Å²) in [5.74, 6) is -2.35. The molecule has 0 aromatic heterocycles. The highest BCUT2D eigenvalue weighted by atomic mass is 32.2. The fourth-order valence-corrected chi connectivity index (χ4v) is 5.42. The highest BCUT2D eigenvalue weighted by molar-refractivity contribution is 7.89. The van der Waals surface area contributed by atoms with E-state index in [0.717, 1.165) is 27.6 Å². The zero-order chi connectivity index (χ0) is 24.3. The third-order valence-corrected chi connectivity index (χ3v) is 7.47. The minimum atomic E-state index is -4.36. The minimum Gasteiger partial charge on any atom is -0.454 e. The van der Waals surface area contributed by atoms with E-state index in [1.165, 1.54) is 12.1 Å². The summed E-state index contributed by atoms with van der Waals surface area (Å²) in [5, 5.41) is 2.62. The number of rotatable bonds is 6. The van der Waals surface area contributed by atoms with Crippen molar-refractivity contribution in [3.05, 3.63) is 95.3 Å². The van der Waals surface area contributed by atoms with Gasteiger partial charge in [0.2, 0.25) is 10.0 Å². The quantitative estimate of drug-likeness (QED) is 0.544. The maximum absolute atomic E-state index is 14.4. The molecule has 0 fully saturated rings. The molecule has 0 saturated carbocycles. The van der Waals surface area contributed by atoms with Crippen molar-refractivity contribution in [3.63, 3.8) is 0 Å². The van der Waals surface area contributed by atoms with Gasteiger partial charge in [0.25, 0.3) is 5.91 Å². The molecule has 0 saturated heterocycles. The van der Waals surface area contributed by atoms with Crippen LogP contribution in [-0.2, 0) is 37.3 Å². The Balaban J connectivity index is 1.54. The number of nitrogens with one attached hydrogen (secondary N) is 1. The third kappa shape index (κ3) is 5.00. The smallest absolute Gasteiger partial charge is 0.325 e. The Labute approximate surface area is 197 Å². The second-order valence-electron chi connectivity index (χ2n) is 7.99. The number of carbonyl (C=O) groups excluding carboxylic acids is 2. The van der Waals surface area contributed by atoms with Gasteiger partial charge in [0.15, 0.2) is 6.61 Å². The van der Waals surface area contributed by atoms with Crippen LogP contribution in [0.2, 0.25) is 0 Å². The highest BCUT2D eigenvalue weighted by Gasteiger charge is 2.41. The molecule has 0 spiro atoms. The van der Waals surface area contributed by atoms with Crippen LogP contribution in [0.25, 0.3) is 0 Å². The van der Waals surface area contributed by atoms with Gasteiger partial charge in [0, 0.05) is 18.7 Å². The number of esters is 1. The molecule has 1 aliphatic heterocycles. The number of hydrogen-bond donors (Lipinski definition) is 1. The second kappa shape index (κ2) is 9.74. The molecule has 3 aromatic rings. The van der Waals surface area contributed by atoms with Crippen LogP contribution < -0.4 is 5.32 Å². The number of sulfonamides is 1. The molecule has 1 amide bonds. The molecule has 176 valence electrons. The van der Waals surface area contributed by atoms with Crippen LogP contribution >= 0.6 is 0 Å². The van der Waals surface area contributed by atoms with Crippen molar-refractivity contribution in [1.82, 2.24) is 4.31 Å². The minimum absolute atomic E-state index is 0.0439. The third-order valence-electron chi connectivity index (χ3n) is 5.58. The van der Waals surface area contributed by atoms with Crippen LogP contribution in [0.15, 0.2) is 77.7 Å². The van der Waals surface area contributed by atoms with Crippen LogP contribution in [-0.4, -0.2) is 37.2 Å².